The molecule has 21 heavy (non-hydrogen) atoms. The Kier molecular flexibility index (Phi) is 5.24. The lowest BCUT2D eigenvalue weighted by Gasteiger charge is -2.35. The first-order valence-electron chi connectivity index (χ1n) is 7.46. The van der Waals surface area contributed by atoms with Gasteiger partial charge in [-0.25, -0.2) is 13.1 Å². The summed E-state index contributed by atoms with van der Waals surface area (Å²) in [5.41, 5.74) is 0.980. The summed E-state index contributed by atoms with van der Waals surface area (Å²) in [6.45, 7) is 6.69. The summed E-state index contributed by atoms with van der Waals surface area (Å²) >= 11 is 0. The van der Waals surface area contributed by atoms with Crippen LogP contribution in [-0.2, 0) is 10.0 Å². The van der Waals surface area contributed by atoms with Gasteiger partial charge in [-0.3, -0.25) is 0 Å². The fourth-order valence-corrected chi connectivity index (χ4v) is 3.37. The molecule has 0 aromatic heterocycles. The van der Waals surface area contributed by atoms with E-state index >= 15 is 0 Å². The first kappa shape index (κ1) is 16.3. The van der Waals surface area contributed by atoms with Crippen LogP contribution in [0.25, 0.3) is 0 Å². The zero-order valence-corrected chi connectivity index (χ0v) is 13.8. The van der Waals surface area contributed by atoms with Crippen molar-refractivity contribution >= 4 is 15.7 Å². The number of hydrogen-bond donors (Lipinski definition) is 2. The number of nitrogens with one attached hydrogen (secondary N) is 2. The molecule has 0 unspecified atom stereocenters. The lowest BCUT2D eigenvalue weighted by atomic mass is 10.0. The van der Waals surface area contributed by atoms with Gasteiger partial charge in [0.25, 0.3) is 0 Å². The Bertz CT molecular complexity index is 547. The third-order valence-corrected chi connectivity index (χ3v) is 5.49. The topological polar surface area (TPSA) is 61.4 Å². The molecule has 1 heterocycles. The lowest BCUT2D eigenvalue weighted by molar-refractivity contribution is 0.177. The highest BCUT2D eigenvalue weighted by molar-refractivity contribution is 7.89. The minimum Gasteiger partial charge on any atom is -0.382 e. The molecule has 1 aromatic rings. The van der Waals surface area contributed by atoms with Crippen LogP contribution >= 0.6 is 0 Å². The molecule has 5 nitrogen and oxygen atoms in total. The standard InChI is InChI=1S/C15H25N3O2S/c1-12(2)18-10-8-14(9-11-18)17-13-4-6-15(7-5-13)21(19,20)16-3/h4-7,12,14,16-17H,8-11H2,1-3H3. The van der Waals surface area contributed by atoms with Gasteiger partial charge in [0.2, 0.25) is 10.0 Å². The molecule has 1 saturated heterocycles. The van der Waals surface area contributed by atoms with Crippen molar-refractivity contribution in [3.8, 4) is 0 Å². The Morgan fingerprint density at radius 2 is 1.71 bits per heavy atom. The second-order valence-corrected chi connectivity index (χ2v) is 7.67. The maximum absolute atomic E-state index is 11.7. The van der Waals surface area contributed by atoms with Crippen LogP contribution < -0.4 is 10.0 Å². The van der Waals surface area contributed by atoms with E-state index in [4.69, 9.17) is 0 Å². The predicted octanol–water partition coefficient (Wildman–Crippen LogP) is 1.88. The Balaban J connectivity index is 1.93. The molecule has 1 aliphatic rings. The summed E-state index contributed by atoms with van der Waals surface area (Å²) in [6.07, 6.45) is 2.24. The molecule has 0 amide bonds. The molecule has 0 spiro atoms. The quantitative estimate of drug-likeness (QED) is 0.871. The molecule has 0 aliphatic carbocycles. The van der Waals surface area contributed by atoms with Gasteiger partial charge < -0.3 is 10.2 Å². The van der Waals surface area contributed by atoms with Gasteiger partial charge in [-0.15, -0.1) is 0 Å². The SMILES string of the molecule is CNS(=O)(=O)c1ccc(NC2CCN(C(C)C)CC2)cc1. The van der Waals surface area contributed by atoms with Crippen LogP contribution in [0.1, 0.15) is 26.7 Å². The first-order chi connectivity index (χ1) is 9.92. The smallest absolute Gasteiger partial charge is 0.240 e. The molecule has 0 atom stereocenters. The number of nitrogens with zero attached hydrogens (tertiary/aromatic N) is 1. The van der Waals surface area contributed by atoms with E-state index in [0.29, 0.717) is 17.0 Å². The Morgan fingerprint density at radius 1 is 1.14 bits per heavy atom. The van der Waals surface area contributed by atoms with Crippen molar-refractivity contribution in [3.05, 3.63) is 24.3 Å². The van der Waals surface area contributed by atoms with Crippen LogP contribution in [-0.4, -0.2) is 45.5 Å². The summed E-state index contributed by atoms with van der Waals surface area (Å²) < 4.78 is 25.7. The number of sulfonamides is 1. The van der Waals surface area contributed by atoms with Gasteiger partial charge in [0.05, 0.1) is 4.90 Å². The average molecular weight is 311 g/mol. The molecule has 2 rings (SSSR count). The van der Waals surface area contributed by atoms with Crippen molar-refractivity contribution < 1.29 is 8.42 Å². The van der Waals surface area contributed by atoms with Gasteiger partial charge >= 0.3 is 0 Å². The molecular weight excluding hydrogens is 286 g/mol. The third kappa shape index (κ3) is 4.18. The summed E-state index contributed by atoms with van der Waals surface area (Å²) in [4.78, 5) is 2.78. The Labute approximate surface area is 127 Å². The molecule has 6 heteroatoms. The summed E-state index contributed by atoms with van der Waals surface area (Å²) in [7, 11) is -1.93. The lowest BCUT2D eigenvalue weighted by Crippen LogP contribution is -2.42. The van der Waals surface area contributed by atoms with Crippen LogP contribution in [0.15, 0.2) is 29.2 Å². The van der Waals surface area contributed by atoms with Crippen LogP contribution in [0, 0.1) is 0 Å². The zero-order valence-electron chi connectivity index (χ0n) is 13.0. The second-order valence-electron chi connectivity index (χ2n) is 5.78. The normalized spacial score (nSPS) is 18.1. The number of anilines is 1. The molecule has 0 bridgehead atoms. The molecule has 118 valence electrons. The number of likely N-dealkylation sites (tertiary alicyclic amines) is 1. The van der Waals surface area contributed by atoms with E-state index in [2.05, 4.69) is 28.8 Å². The summed E-state index contributed by atoms with van der Waals surface area (Å²) in [6, 6.07) is 8.01. The van der Waals surface area contributed by atoms with E-state index in [1.807, 2.05) is 12.1 Å². The molecule has 2 N–H and O–H groups in total. The van der Waals surface area contributed by atoms with E-state index in [1.54, 1.807) is 12.1 Å². The minimum atomic E-state index is -3.35. The Morgan fingerprint density at radius 3 is 2.19 bits per heavy atom. The summed E-state index contributed by atoms with van der Waals surface area (Å²) in [5.74, 6) is 0. The maximum Gasteiger partial charge on any atom is 0.240 e. The number of hydrogen-bond acceptors (Lipinski definition) is 4. The highest BCUT2D eigenvalue weighted by Gasteiger charge is 2.20. The third-order valence-electron chi connectivity index (χ3n) is 4.06. The molecule has 0 saturated carbocycles. The monoisotopic (exact) mass is 311 g/mol. The van der Waals surface area contributed by atoms with Gasteiger partial charge in [-0.1, -0.05) is 0 Å². The van der Waals surface area contributed by atoms with Crippen LogP contribution in [0.4, 0.5) is 5.69 Å². The van der Waals surface area contributed by atoms with Gasteiger partial charge in [0.1, 0.15) is 0 Å². The molecule has 0 radical (unpaired) electrons. The van der Waals surface area contributed by atoms with E-state index in [1.165, 1.54) is 7.05 Å². The van der Waals surface area contributed by atoms with Crippen molar-refractivity contribution in [2.75, 3.05) is 25.5 Å². The van der Waals surface area contributed by atoms with E-state index in [0.717, 1.165) is 31.6 Å². The fraction of sp³-hybridized carbons (Fsp3) is 0.600. The second kappa shape index (κ2) is 6.77. The van der Waals surface area contributed by atoms with Crippen LogP contribution in [0.2, 0.25) is 0 Å². The van der Waals surface area contributed by atoms with Crippen molar-refractivity contribution in [2.24, 2.45) is 0 Å². The largest absolute Gasteiger partial charge is 0.382 e. The summed E-state index contributed by atoms with van der Waals surface area (Å²) in [5, 5.41) is 3.50. The fourth-order valence-electron chi connectivity index (χ4n) is 2.64. The van der Waals surface area contributed by atoms with Gasteiger partial charge in [-0.05, 0) is 58.0 Å². The minimum absolute atomic E-state index is 0.296. The van der Waals surface area contributed by atoms with Crippen molar-refractivity contribution in [2.45, 2.75) is 43.7 Å². The average Bonchev–Trinajstić information content (AvgIpc) is 2.48. The number of rotatable bonds is 5. The molecular formula is C15H25N3O2S. The maximum atomic E-state index is 11.7. The number of piperidine rings is 1. The van der Waals surface area contributed by atoms with E-state index in [-0.39, 0.29) is 0 Å². The van der Waals surface area contributed by atoms with E-state index in [9.17, 15) is 8.42 Å². The molecule has 1 aromatic carbocycles. The van der Waals surface area contributed by atoms with Crippen LogP contribution in [0.3, 0.4) is 0 Å². The zero-order chi connectivity index (χ0) is 15.5. The number of benzene rings is 1. The van der Waals surface area contributed by atoms with Gasteiger partial charge in [0.15, 0.2) is 0 Å². The highest BCUT2D eigenvalue weighted by Crippen LogP contribution is 2.19. The molecule has 1 fully saturated rings. The Hall–Kier alpha value is -1.11. The van der Waals surface area contributed by atoms with Gasteiger partial charge in [-0.2, -0.15) is 0 Å². The molecule has 1 aliphatic heterocycles. The van der Waals surface area contributed by atoms with E-state index < -0.39 is 10.0 Å². The predicted molar refractivity (Wildman–Crippen MR) is 86.0 cm³/mol. The van der Waals surface area contributed by atoms with Crippen LogP contribution in [0.5, 0.6) is 0 Å². The van der Waals surface area contributed by atoms with Gasteiger partial charge in [0, 0.05) is 30.9 Å². The van der Waals surface area contributed by atoms with Crippen molar-refractivity contribution in [1.82, 2.24) is 9.62 Å². The van der Waals surface area contributed by atoms with Crippen molar-refractivity contribution in [3.63, 3.8) is 0 Å². The van der Waals surface area contributed by atoms with Crippen molar-refractivity contribution in [1.29, 1.82) is 0 Å². The first-order valence-corrected chi connectivity index (χ1v) is 8.95. The highest BCUT2D eigenvalue weighted by atomic mass is 32.2.